The summed E-state index contributed by atoms with van der Waals surface area (Å²) in [4.78, 5) is 18.8. The molecule has 5 heteroatoms. The number of aliphatic hydroxyl groups excluding tert-OH is 1. The minimum atomic E-state index is -0.781. The number of hydrogen-bond donors (Lipinski definition) is 2. The number of rotatable bonds is 2. The Labute approximate surface area is 124 Å². The second-order valence-corrected chi connectivity index (χ2v) is 5.97. The first-order chi connectivity index (χ1) is 9.57. The Bertz CT molecular complexity index is 747. The molecule has 0 radical (unpaired) electrons. The van der Waals surface area contributed by atoms with Gasteiger partial charge < -0.3 is 14.9 Å². The molecular formula is C15H13BrN2O2. The van der Waals surface area contributed by atoms with Crippen molar-refractivity contribution in [2.75, 3.05) is 0 Å². The molecule has 2 aromatic rings. The van der Waals surface area contributed by atoms with Crippen molar-refractivity contribution in [3.8, 4) is 0 Å². The van der Waals surface area contributed by atoms with Crippen LogP contribution in [0.5, 0.6) is 0 Å². The highest BCUT2D eigenvalue weighted by molar-refractivity contribution is 9.10. The standard InChI is InChI=1S/C15H13BrN2O2/c1-15(9(8-19)3-2-4-13(15)20)12-7-18-14-11(12)5-10(16)6-17-14/h2-9,20H,1H3,(H,17,18). The summed E-state index contributed by atoms with van der Waals surface area (Å²) in [5.74, 6) is -0.233. The molecule has 0 amide bonds. The molecule has 2 aromatic heterocycles. The lowest BCUT2D eigenvalue weighted by Gasteiger charge is -2.34. The van der Waals surface area contributed by atoms with Crippen LogP contribution in [0.3, 0.4) is 0 Å². The number of pyridine rings is 1. The average Bonchev–Trinajstić information content (AvgIpc) is 2.85. The van der Waals surface area contributed by atoms with Crippen LogP contribution in [0.1, 0.15) is 12.5 Å². The molecule has 2 atom stereocenters. The maximum Gasteiger partial charge on any atom is 0.137 e. The van der Waals surface area contributed by atoms with E-state index in [4.69, 9.17) is 0 Å². The van der Waals surface area contributed by atoms with E-state index in [1.54, 1.807) is 24.4 Å². The van der Waals surface area contributed by atoms with Crippen molar-refractivity contribution in [3.05, 3.63) is 52.5 Å². The van der Waals surface area contributed by atoms with Crippen LogP contribution < -0.4 is 0 Å². The number of aldehydes is 1. The van der Waals surface area contributed by atoms with Gasteiger partial charge in [0.1, 0.15) is 17.7 Å². The number of aliphatic hydroxyl groups is 1. The van der Waals surface area contributed by atoms with E-state index in [-0.39, 0.29) is 5.76 Å². The molecule has 0 saturated heterocycles. The van der Waals surface area contributed by atoms with E-state index in [9.17, 15) is 9.90 Å². The molecule has 3 rings (SSSR count). The summed E-state index contributed by atoms with van der Waals surface area (Å²) in [5.41, 5.74) is 0.810. The molecule has 2 heterocycles. The molecule has 2 unspecified atom stereocenters. The molecule has 20 heavy (non-hydrogen) atoms. The third-order valence-corrected chi connectivity index (χ3v) is 4.41. The summed E-state index contributed by atoms with van der Waals surface area (Å²) in [7, 11) is 0. The number of fused-ring (bicyclic) bond motifs is 1. The van der Waals surface area contributed by atoms with E-state index in [1.165, 1.54) is 0 Å². The molecule has 0 fully saturated rings. The smallest absolute Gasteiger partial charge is 0.137 e. The van der Waals surface area contributed by atoms with Crippen LogP contribution in [-0.4, -0.2) is 21.4 Å². The van der Waals surface area contributed by atoms with Crippen molar-refractivity contribution in [1.29, 1.82) is 0 Å². The van der Waals surface area contributed by atoms with Crippen molar-refractivity contribution < 1.29 is 9.90 Å². The van der Waals surface area contributed by atoms with Crippen molar-refractivity contribution in [2.24, 2.45) is 5.92 Å². The number of H-pyrrole nitrogens is 1. The van der Waals surface area contributed by atoms with Gasteiger partial charge in [-0.2, -0.15) is 0 Å². The van der Waals surface area contributed by atoms with E-state index in [2.05, 4.69) is 25.9 Å². The molecule has 0 aromatic carbocycles. The van der Waals surface area contributed by atoms with Gasteiger partial charge in [-0.1, -0.05) is 12.2 Å². The summed E-state index contributed by atoms with van der Waals surface area (Å²) < 4.78 is 0.854. The number of nitrogens with one attached hydrogen (secondary N) is 1. The SMILES string of the molecule is CC1(c2c[nH]c3ncc(Br)cc23)C(O)=CC=CC1C=O. The van der Waals surface area contributed by atoms with Crippen LogP contribution in [0.2, 0.25) is 0 Å². The molecule has 0 saturated carbocycles. The fourth-order valence-electron chi connectivity index (χ4n) is 2.71. The molecule has 0 spiro atoms. The van der Waals surface area contributed by atoms with Crippen LogP contribution >= 0.6 is 15.9 Å². The second-order valence-electron chi connectivity index (χ2n) is 5.05. The second kappa shape index (κ2) is 4.59. The Hall–Kier alpha value is -1.88. The minimum Gasteiger partial charge on any atom is -0.511 e. The number of carbonyl (C=O) groups excluding carboxylic acids is 1. The maximum absolute atomic E-state index is 11.4. The summed E-state index contributed by atoms with van der Waals surface area (Å²) in [6.45, 7) is 1.87. The zero-order chi connectivity index (χ0) is 14.3. The Morgan fingerprint density at radius 2 is 2.35 bits per heavy atom. The highest BCUT2D eigenvalue weighted by atomic mass is 79.9. The van der Waals surface area contributed by atoms with Gasteiger partial charge in [0.05, 0.1) is 5.41 Å². The maximum atomic E-state index is 11.4. The summed E-state index contributed by atoms with van der Waals surface area (Å²) in [6.07, 6.45) is 9.52. The molecule has 0 aliphatic heterocycles. The van der Waals surface area contributed by atoms with Crippen LogP contribution in [0.15, 0.2) is 46.9 Å². The fourth-order valence-corrected chi connectivity index (χ4v) is 3.04. The first kappa shape index (κ1) is 13.1. The number of allylic oxidation sites excluding steroid dienone is 4. The lowest BCUT2D eigenvalue weighted by Crippen LogP contribution is -2.35. The zero-order valence-corrected chi connectivity index (χ0v) is 12.4. The largest absolute Gasteiger partial charge is 0.511 e. The monoisotopic (exact) mass is 332 g/mol. The third-order valence-electron chi connectivity index (χ3n) is 3.98. The highest BCUT2D eigenvalue weighted by Crippen LogP contribution is 2.43. The third kappa shape index (κ3) is 1.73. The van der Waals surface area contributed by atoms with Crippen molar-refractivity contribution >= 4 is 33.2 Å². The highest BCUT2D eigenvalue weighted by Gasteiger charge is 2.41. The van der Waals surface area contributed by atoms with E-state index in [0.717, 1.165) is 27.4 Å². The Morgan fingerprint density at radius 1 is 1.55 bits per heavy atom. The molecule has 0 bridgehead atoms. The number of hydrogen-bond acceptors (Lipinski definition) is 3. The lowest BCUT2D eigenvalue weighted by atomic mass is 9.69. The van der Waals surface area contributed by atoms with Crippen molar-refractivity contribution in [1.82, 2.24) is 9.97 Å². The number of halogens is 1. The molecule has 2 N–H and O–H groups in total. The Morgan fingerprint density at radius 3 is 3.10 bits per heavy atom. The molecular weight excluding hydrogens is 320 g/mol. The Kier molecular flexibility index (Phi) is 3.01. The van der Waals surface area contributed by atoms with Crippen LogP contribution in [0.4, 0.5) is 0 Å². The van der Waals surface area contributed by atoms with Crippen molar-refractivity contribution in [3.63, 3.8) is 0 Å². The quantitative estimate of drug-likeness (QED) is 0.828. The molecule has 102 valence electrons. The van der Waals surface area contributed by atoms with E-state index in [1.807, 2.05) is 19.2 Å². The molecule has 1 aliphatic carbocycles. The van der Waals surface area contributed by atoms with E-state index < -0.39 is 11.3 Å². The molecule has 4 nitrogen and oxygen atoms in total. The van der Waals surface area contributed by atoms with Gasteiger partial charge in [-0.25, -0.2) is 4.98 Å². The van der Waals surface area contributed by atoms with Crippen LogP contribution in [-0.2, 0) is 10.2 Å². The van der Waals surface area contributed by atoms with Gasteiger partial charge in [-0.15, -0.1) is 0 Å². The summed E-state index contributed by atoms with van der Waals surface area (Å²) >= 11 is 3.40. The number of carbonyl (C=O) groups is 1. The van der Waals surface area contributed by atoms with Gasteiger partial charge >= 0.3 is 0 Å². The van der Waals surface area contributed by atoms with Crippen molar-refractivity contribution in [2.45, 2.75) is 12.3 Å². The van der Waals surface area contributed by atoms with E-state index in [0.29, 0.717) is 0 Å². The minimum absolute atomic E-state index is 0.179. The molecule has 1 aliphatic rings. The fraction of sp³-hybridized carbons (Fsp3) is 0.200. The topological polar surface area (TPSA) is 66.0 Å². The van der Waals surface area contributed by atoms with Gasteiger partial charge in [0.15, 0.2) is 0 Å². The number of aromatic nitrogens is 2. The van der Waals surface area contributed by atoms with Gasteiger partial charge in [-0.3, -0.25) is 0 Å². The number of nitrogens with zero attached hydrogens (tertiary/aromatic N) is 1. The summed E-state index contributed by atoms with van der Waals surface area (Å²) in [5, 5.41) is 11.2. The lowest BCUT2D eigenvalue weighted by molar-refractivity contribution is -0.111. The van der Waals surface area contributed by atoms with Gasteiger partial charge in [0.25, 0.3) is 0 Å². The first-order valence-electron chi connectivity index (χ1n) is 6.23. The number of aromatic amines is 1. The van der Waals surface area contributed by atoms with Gasteiger partial charge in [0.2, 0.25) is 0 Å². The average molecular weight is 333 g/mol. The first-order valence-corrected chi connectivity index (χ1v) is 7.03. The van der Waals surface area contributed by atoms with E-state index >= 15 is 0 Å². The van der Waals surface area contributed by atoms with Crippen LogP contribution in [0, 0.1) is 5.92 Å². The van der Waals surface area contributed by atoms with Gasteiger partial charge in [0, 0.05) is 28.2 Å². The predicted molar refractivity (Wildman–Crippen MR) is 80.6 cm³/mol. The predicted octanol–water partition coefficient (Wildman–Crippen LogP) is 3.41. The summed E-state index contributed by atoms with van der Waals surface area (Å²) in [6, 6.07) is 1.94. The van der Waals surface area contributed by atoms with Gasteiger partial charge in [-0.05, 0) is 40.6 Å². The Balaban J connectivity index is 2.27. The normalized spacial score (nSPS) is 25.7. The zero-order valence-electron chi connectivity index (χ0n) is 10.8. The van der Waals surface area contributed by atoms with Crippen LogP contribution in [0.25, 0.3) is 11.0 Å².